The molecule has 2 heterocycles. The number of rotatable bonds is 5. The third-order valence-corrected chi connectivity index (χ3v) is 4.77. The van der Waals surface area contributed by atoms with Gasteiger partial charge in [-0.2, -0.15) is 4.68 Å². The lowest BCUT2D eigenvalue weighted by atomic mass is 10.3. The van der Waals surface area contributed by atoms with Crippen LogP contribution in [0.1, 0.15) is 0 Å². The molecule has 1 aromatic heterocycles. The van der Waals surface area contributed by atoms with E-state index in [0.29, 0.717) is 33.1 Å². The summed E-state index contributed by atoms with van der Waals surface area (Å²) in [7, 11) is 0. The van der Waals surface area contributed by atoms with Crippen molar-refractivity contribution in [1.82, 2.24) is 20.2 Å². The van der Waals surface area contributed by atoms with E-state index in [1.807, 2.05) is 6.07 Å². The van der Waals surface area contributed by atoms with Gasteiger partial charge in [0, 0.05) is 6.07 Å². The second kappa shape index (κ2) is 7.22. The summed E-state index contributed by atoms with van der Waals surface area (Å²) in [5.41, 5.74) is 1.28. The van der Waals surface area contributed by atoms with Gasteiger partial charge < -0.3 is 14.8 Å². The van der Waals surface area contributed by atoms with Crippen LogP contribution >= 0.6 is 23.4 Å². The smallest absolute Gasteiger partial charge is 0.234 e. The van der Waals surface area contributed by atoms with Gasteiger partial charge in [0.05, 0.1) is 22.2 Å². The molecule has 0 saturated carbocycles. The van der Waals surface area contributed by atoms with Gasteiger partial charge >= 0.3 is 0 Å². The van der Waals surface area contributed by atoms with Crippen LogP contribution in [-0.4, -0.2) is 38.7 Å². The summed E-state index contributed by atoms with van der Waals surface area (Å²) in [4.78, 5) is 12.2. The number of aromatic nitrogens is 4. The summed E-state index contributed by atoms with van der Waals surface area (Å²) in [5, 5.41) is 15.4. The zero-order valence-corrected chi connectivity index (χ0v) is 14.8. The molecule has 2 aromatic carbocycles. The Kier molecular flexibility index (Phi) is 4.63. The number of nitrogens with zero attached hydrogens (tertiary/aromatic N) is 4. The average molecular weight is 390 g/mol. The zero-order valence-electron chi connectivity index (χ0n) is 13.3. The number of amides is 1. The van der Waals surface area contributed by atoms with E-state index in [1.165, 1.54) is 16.4 Å². The molecule has 0 radical (unpaired) electrons. The number of hydrogen-bond donors (Lipinski definition) is 1. The molecule has 1 aliphatic heterocycles. The molecule has 0 unspecified atom stereocenters. The fourth-order valence-electron chi connectivity index (χ4n) is 2.33. The fraction of sp³-hybridized carbons (Fsp3) is 0.125. The van der Waals surface area contributed by atoms with Crippen molar-refractivity contribution in [3.8, 4) is 17.2 Å². The van der Waals surface area contributed by atoms with Crippen LogP contribution in [0, 0.1) is 0 Å². The topological polar surface area (TPSA) is 91.2 Å². The van der Waals surface area contributed by atoms with Crippen molar-refractivity contribution in [3.63, 3.8) is 0 Å². The first kappa shape index (κ1) is 16.7. The average Bonchev–Trinajstić information content (AvgIpc) is 3.30. The van der Waals surface area contributed by atoms with Crippen molar-refractivity contribution in [2.75, 3.05) is 17.9 Å². The van der Waals surface area contributed by atoms with E-state index in [4.69, 9.17) is 21.1 Å². The lowest BCUT2D eigenvalue weighted by Crippen LogP contribution is -2.14. The molecule has 26 heavy (non-hydrogen) atoms. The Balaban J connectivity index is 1.44. The first-order valence-corrected chi connectivity index (χ1v) is 8.92. The van der Waals surface area contributed by atoms with E-state index in [-0.39, 0.29) is 18.5 Å². The molecule has 0 saturated heterocycles. The number of carbonyl (C=O) groups excluding carboxylic acids is 1. The third-order valence-electron chi connectivity index (χ3n) is 3.52. The van der Waals surface area contributed by atoms with E-state index in [1.54, 1.807) is 36.4 Å². The Labute approximate surface area is 157 Å². The highest BCUT2D eigenvalue weighted by molar-refractivity contribution is 7.99. The van der Waals surface area contributed by atoms with Crippen molar-refractivity contribution in [3.05, 3.63) is 47.5 Å². The molecule has 0 atom stereocenters. The van der Waals surface area contributed by atoms with E-state index >= 15 is 0 Å². The van der Waals surface area contributed by atoms with Crippen LogP contribution in [0.3, 0.4) is 0 Å². The minimum absolute atomic E-state index is 0.135. The minimum Gasteiger partial charge on any atom is -0.454 e. The van der Waals surface area contributed by atoms with E-state index in [9.17, 15) is 4.79 Å². The monoisotopic (exact) mass is 389 g/mol. The molecule has 1 amide bonds. The number of ether oxygens (including phenoxy) is 2. The summed E-state index contributed by atoms with van der Waals surface area (Å²) in [5.74, 6) is 1.24. The molecule has 4 rings (SSSR count). The normalized spacial score (nSPS) is 12.2. The highest BCUT2D eigenvalue weighted by Crippen LogP contribution is 2.34. The molecule has 3 aromatic rings. The number of fused-ring (bicyclic) bond motifs is 1. The Morgan fingerprint density at radius 2 is 2.08 bits per heavy atom. The van der Waals surface area contributed by atoms with Gasteiger partial charge in [0.2, 0.25) is 17.9 Å². The molecular weight excluding hydrogens is 378 g/mol. The van der Waals surface area contributed by atoms with Crippen molar-refractivity contribution >= 4 is 35.0 Å². The van der Waals surface area contributed by atoms with E-state index < -0.39 is 0 Å². The van der Waals surface area contributed by atoms with Gasteiger partial charge in [-0.05, 0) is 34.7 Å². The molecular formula is C16H12ClN5O3S. The SMILES string of the molecule is O=C(CSc1nnnn1-c1ccc2c(c1)OCO2)Nc1ccccc1Cl. The first-order valence-electron chi connectivity index (χ1n) is 7.56. The zero-order chi connectivity index (χ0) is 17.9. The van der Waals surface area contributed by atoms with Gasteiger partial charge in [0.1, 0.15) is 0 Å². The van der Waals surface area contributed by atoms with Crippen LogP contribution in [0.4, 0.5) is 5.69 Å². The molecule has 0 aliphatic carbocycles. The number of anilines is 1. The van der Waals surface area contributed by atoms with Gasteiger partial charge in [-0.15, -0.1) is 5.10 Å². The molecule has 10 heteroatoms. The summed E-state index contributed by atoms with van der Waals surface area (Å²) in [6.45, 7) is 0.193. The summed E-state index contributed by atoms with van der Waals surface area (Å²) in [6.07, 6.45) is 0. The van der Waals surface area contributed by atoms with Gasteiger partial charge in [-0.3, -0.25) is 4.79 Å². The number of carbonyl (C=O) groups is 1. The Bertz CT molecular complexity index is 965. The first-order chi connectivity index (χ1) is 12.7. The maximum atomic E-state index is 12.2. The highest BCUT2D eigenvalue weighted by Gasteiger charge is 2.17. The quantitative estimate of drug-likeness (QED) is 0.671. The molecule has 1 N–H and O–H groups in total. The molecule has 132 valence electrons. The largest absolute Gasteiger partial charge is 0.454 e. The maximum Gasteiger partial charge on any atom is 0.234 e. The van der Waals surface area contributed by atoms with Crippen molar-refractivity contribution in [1.29, 1.82) is 0 Å². The van der Waals surface area contributed by atoms with Gasteiger partial charge in [-0.1, -0.05) is 35.5 Å². The summed E-state index contributed by atoms with van der Waals surface area (Å²) >= 11 is 7.25. The van der Waals surface area contributed by atoms with Crippen LogP contribution in [0.5, 0.6) is 11.5 Å². The number of para-hydroxylation sites is 1. The Hall–Kier alpha value is -2.78. The third kappa shape index (κ3) is 3.44. The Morgan fingerprint density at radius 1 is 1.23 bits per heavy atom. The van der Waals surface area contributed by atoms with Crippen LogP contribution in [0.2, 0.25) is 5.02 Å². The van der Waals surface area contributed by atoms with Gasteiger partial charge in [0.15, 0.2) is 11.5 Å². The number of nitrogens with one attached hydrogen (secondary N) is 1. The summed E-state index contributed by atoms with van der Waals surface area (Å²) < 4.78 is 12.2. The Morgan fingerprint density at radius 3 is 2.96 bits per heavy atom. The number of tetrazole rings is 1. The van der Waals surface area contributed by atoms with Crippen molar-refractivity contribution < 1.29 is 14.3 Å². The summed E-state index contributed by atoms with van der Waals surface area (Å²) in [6, 6.07) is 12.4. The number of halogens is 1. The van der Waals surface area contributed by atoms with Crippen LogP contribution < -0.4 is 14.8 Å². The van der Waals surface area contributed by atoms with Gasteiger partial charge in [0.25, 0.3) is 0 Å². The standard InChI is InChI=1S/C16H12ClN5O3S/c17-11-3-1-2-4-12(11)18-15(23)8-26-16-19-20-21-22(16)10-5-6-13-14(7-10)25-9-24-13/h1-7H,8-9H2,(H,18,23). The molecule has 8 nitrogen and oxygen atoms in total. The maximum absolute atomic E-state index is 12.2. The van der Waals surface area contributed by atoms with Crippen LogP contribution in [-0.2, 0) is 4.79 Å². The van der Waals surface area contributed by atoms with Crippen molar-refractivity contribution in [2.24, 2.45) is 0 Å². The van der Waals surface area contributed by atoms with E-state index in [2.05, 4.69) is 20.8 Å². The predicted molar refractivity (Wildman–Crippen MR) is 96.1 cm³/mol. The minimum atomic E-state index is -0.205. The fourth-order valence-corrected chi connectivity index (χ4v) is 3.20. The van der Waals surface area contributed by atoms with Crippen molar-refractivity contribution in [2.45, 2.75) is 5.16 Å². The van der Waals surface area contributed by atoms with Crippen LogP contribution in [0.15, 0.2) is 47.6 Å². The second-order valence-corrected chi connectivity index (χ2v) is 6.58. The molecule has 0 fully saturated rings. The highest BCUT2D eigenvalue weighted by atomic mass is 35.5. The molecule has 1 aliphatic rings. The van der Waals surface area contributed by atoms with E-state index in [0.717, 1.165) is 0 Å². The lowest BCUT2D eigenvalue weighted by Gasteiger charge is -2.07. The van der Waals surface area contributed by atoms with Gasteiger partial charge in [-0.25, -0.2) is 0 Å². The second-order valence-electron chi connectivity index (χ2n) is 5.23. The molecule has 0 bridgehead atoms. The number of thioether (sulfide) groups is 1. The lowest BCUT2D eigenvalue weighted by molar-refractivity contribution is -0.113. The molecule has 0 spiro atoms. The number of hydrogen-bond acceptors (Lipinski definition) is 7. The van der Waals surface area contributed by atoms with Crippen LogP contribution in [0.25, 0.3) is 5.69 Å². The number of benzene rings is 2. The predicted octanol–water partition coefficient (Wildman–Crippen LogP) is 2.78.